The van der Waals surface area contributed by atoms with Gasteiger partial charge in [-0.2, -0.15) is 0 Å². The summed E-state index contributed by atoms with van der Waals surface area (Å²) in [5.41, 5.74) is 1.95. The number of halogens is 1. The van der Waals surface area contributed by atoms with Crippen molar-refractivity contribution in [1.29, 1.82) is 0 Å². The average Bonchev–Trinajstić information content (AvgIpc) is 3.06. The summed E-state index contributed by atoms with van der Waals surface area (Å²) in [6.07, 6.45) is 0. The van der Waals surface area contributed by atoms with Crippen LogP contribution >= 0.6 is 35.2 Å². The van der Waals surface area contributed by atoms with Gasteiger partial charge in [0.2, 0.25) is 0 Å². The van der Waals surface area contributed by atoms with Crippen LogP contribution in [0, 0.1) is 0 Å². The number of hydrogen-bond donors (Lipinski definition) is 2. The summed E-state index contributed by atoms with van der Waals surface area (Å²) in [5.74, 6) is -0.311. The number of thiocarbonyl (C=S) groups is 1. The zero-order valence-corrected chi connectivity index (χ0v) is 17.3. The van der Waals surface area contributed by atoms with Gasteiger partial charge >= 0.3 is 0 Å². The molecule has 0 unspecified atom stereocenters. The van der Waals surface area contributed by atoms with E-state index in [9.17, 15) is 4.79 Å². The Morgan fingerprint density at radius 1 is 1.11 bits per heavy atom. The summed E-state index contributed by atoms with van der Waals surface area (Å²) in [6, 6.07) is 15.6. The van der Waals surface area contributed by atoms with Gasteiger partial charge in [0.05, 0.1) is 18.2 Å². The number of nitrogens with zero attached hydrogens (tertiary/aromatic N) is 1. The molecule has 0 aliphatic carbocycles. The van der Waals surface area contributed by atoms with Crippen molar-refractivity contribution in [2.45, 2.75) is 0 Å². The Morgan fingerprint density at radius 2 is 1.82 bits per heavy atom. The highest BCUT2D eigenvalue weighted by Gasteiger charge is 2.18. The molecule has 1 aliphatic rings. The smallest absolute Gasteiger partial charge is 0.269 e. The Bertz CT molecular complexity index is 1010. The molecule has 0 radical (unpaired) electrons. The number of anilines is 2. The molecule has 5 nitrogen and oxygen atoms in total. The first kappa shape index (κ1) is 19.1. The van der Waals surface area contributed by atoms with Crippen LogP contribution in [-0.2, 0) is 4.74 Å². The first-order valence-electron chi connectivity index (χ1n) is 8.84. The van der Waals surface area contributed by atoms with E-state index in [0.29, 0.717) is 9.90 Å². The van der Waals surface area contributed by atoms with Gasteiger partial charge in [0, 0.05) is 34.6 Å². The van der Waals surface area contributed by atoms with Crippen molar-refractivity contribution in [3.8, 4) is 0 Å². The van der Waals surface area contributed by atoms with Gasteiger partial charge in [-0.25, -0.2) is 0 Å². The van der Waals surface area contributed by atoms with E-state index in [1.54, 1.807) is 0 Å². The summed E-state index contributed by atoms with van der Waals surface area (Å²) < 4.78 is 6.35. The lowest BCUT2D eigenvalue weighted by molar-refractivity contribution is 0.0982. The summed E-state index contributed by atoms with van der Waals surface area (Å²) >= 11 is 13.0. The molecule has 1 aromatic heterocycles. The third kappa shape index (κ3) is 4.12. The van der Waals surface area contributed by atoms with E-state index in [-0.39, 0.29) is 11.0 Å². The number of rotatable bonds is 3. The summed E-state index contributed by atoms with van der Waals surface area (Å²) in [4.78, 5) is 15.3. The lowest BCUT2D eigenvalue weighted by Gasteiger charge is -2.28. The van der Waals surface area contributed by atoms with Crippen molar-refractivity contribution >= 4 is 67.6 Å². The first-order chi connectivity index (χ1) is 13.6. The standard InChI is InChI=1S/C20H18ClN3O2S2/c21-17-15-3-1-2-4-16(15)28-18(17)19(25)23-20(27)22-13-5-7-14(8-6-13)24-9-11-26-12-10-24/h1-8H,9-12H2,(H2,22,23,25,27). The molecule has 0 spiro atoms. The molecular weight excluding hydrogens is 414 g/mol. The molecule has 2 N–H and O–H groups in total. The van der Waals surface area contributed by atoms with E-state index < -0.39 is 0 Å². The van der Waals surface area contributed by atoms with Gasteiger partial charge in [0.15, 0.2) is 5.11 Å². The molecule has 8 heteroatoms. The second kappa shape index (κ2) is 8.45. The van der Waals surface area contributed by atoms with Crippen molar-refractivity contribution in [3.05, 3.63) is 58.4 Å². The molecular formula is C20H18ClN3O2S2. The number of amides is 1. The van der Waals surface area contributed by atoms with E-state index in [1.807, 2.05) is 48.5 Å². The maximum Gasteiger partial charge on any atom is 0.269 e. The Kier molecular flexibility index (Phi) is 5.77. The predicted molar refractivity (Wildman–Crippen MR) is 120 cm³/mol. The van der Waals surface area contributed by atoms with Gasteiger partial charge in [-0.05, 0) is 42.5 Å². The summed E-state index contributed by atoms with van der Waals surface area (Å²) in [6.45, 7) is 3.27. The van der Waals surface area contributed by atoms with Crippen molar-refractivity contribution in [1.82, 2.24) is 5.32 Å². The molecule has 0 atom stereocenters. The van der Waals surface area contributed by atoms with Gasteiger partial charge < -0.3 is 15.0 Å². The normalized spacial score (nSPS) is 14.1. The van der Waals surface area contributed by atoms with Crippen molar-refractivity contribution in [2.75, 3.05) is 36.5 Å². The molecule has 144 valence electrons. The highest BCUT2D eigenvalue weighted by molar-refractivity contribution is 7.80. The Labute approximate surface area is 177 Å². The second-order valence-electron chi connectivity index (χ2n) is 6.30. The Balaban J connectivity index is 1.39. The van der Waals surface area contributed by atoms with Crippen LogP contribution in [0.3, 0.4) is 0 Å². The Morgan fingerprint density at radius 3 is 2.54 bits per heavy atom. The largest absolute Gasteiger partial charge is 0.378 e. The fourth-order valence-electron chi connectivity index (χ4n) is 3.06. The zero-order chi connectivity index (χ0) is 19.5. The second-order valence-corrected chi connectivity index (χ2v) is 8.13. The molecule has 1 saturated heterocycles. The third-order valence-electron chi connectivity index (χ3n) is 4.47. The minimum absolute atomic E-state index is 0.234. The first-order valence-corrected chi connectivity index (χ1v) is 10.4. The zero-order valence-electron chi connectivity index (χ0n) is 14.9. The maximum absolute atomic E-state index is 12.6. The van der Waals surface area contributed by atoms with E-state index >= 15 is 0 Å². The lowest BCUT2D eigenvalue weighted by atomic mass is 10.2. The van der Waals surface area contributed by atoms with Gasteiger partial charge in [0.1, 0.15) is 4.88 Å². The van der Waals surface area contributed by atoms with Crippen molar-refractivity contribution in [3.63, 3.8) is 0 Å². The van der Waals surface area contributed by atoms with Crippen LogP contribution in [0.1, 0.15) is 9.67 Å². The molecule has 2 heterocycles. The van der Waals surface area contributed by atoms with Crippen LogP contribution in [0.4, 0.5) is 11.4 Å². The number of morpholine rings is 1. The molecule has 4 rings (SSSR count). The molecule has 28 heavy (non-hydrogen) atoms. The van der Waals surface area contributed by atoms with E-state index in [4.69, 9.17) is 28.6 Å². The Hall–Kier alpha value is -2.19. The van der Waals surface area contributed by atoms with E-state index in [0.717, 1.165) is 47.8 Å². The molecule has 2 aromatic carbocycles. The van der Waals surface area contributed by atoms with Crippen LogP contribution in [0.2, 0.25) is 5.02 Å². The fourth-order valence-corrected chi connectivity index (χ4v) is 4.68. The minimum Gasteiger partial charge on any atom is -0.378 e. The van der Waals surface area contributed by atoms with Crippen LogP contribution in [0.5, 0.6) is 0 Å². The molecule has 1 aliphatic heterocycles. The fraction of sp³-hybridized carbons (Fsp3) is 0.200. The molecule has 0 saturated carbocycles. The van der Waals surface area contributed by atoms with Gasteiger partial charge in [0.25, 0.3) is 5.91 Å². The summed E-state index contributed by atoms with van der Waals surface area (Å²) in [5, 5.41) is 7.31. The highest BCUT2D eigenvalue weighted by atomic mass is 35.5. The number of benzene rings is 2. The van der Waals surface area contributed by atoms with Gasteiger partial charge in [-0.3, -0.25) is 10.1 Å². The number of fused-ring (bicyclic) bond motifs is 1. The monoisotopic (exact) mass is 431 g/mol. The topological polar surface area (TPSA) is 53.6 Å². The molecule has 0 bridgehead atoms. The van der Waals surface area contributed by atoms with Crippen molar-refractivity contribution in [2.24, 2.45) is 0 Å². The van der Waals surface area contributed by atoms with Gasteiger partial charge in [-0.15, -0.1) is 11.3 Å². The lowest BCUT2D eigenvalue weighted by Crippen LogP contribution is -2.36. The quantitative estimate of drug-likeness (QED) is 0.597. The maximum atomic E-state index is 12.6. The van der Waals surface area contributed by atoms with Crippen LogP contribution in [-0.4, -0.2) is 37.3 Å². The SMILES string of the molecule is O=C(NC(=S)Nc1ccc(N2CCOCC2)cc1)c1sc2ccccc2c1Cl. The van der Waals surface area contributed by atoms with E-state index in [2.05, 4.69) is 15.5 Å². The number of hydrogen-bond acceptors (Lipinski definition) is 5. The molecule has 1 amide bonds. The number of nitrogens with one attached hydrogen (secondary N) is 2. The number of carbonyl (C=O) groups is 1. The number of thiophene rings is 1. The van der Waals surface area contributed by atoms with Crippen LogP contribution in [0.25, 0.3) is 10.1 Å². The van der Waals surface area contributed by atoms with E-state index in [1.165, 1.54) is 11.3 Å². The molecule has 1 fully saturated rings. The van der Waals surface area contributed by atoms with Gasteiger partial charge in [-0.1, -0.05) is 29.8 Å². The molecule has 3 aromatic rings. The summed E-state index contributed by atoms with van der Waals surface area (Å²) in [7, 11) is 0. The van der Waals surface area contributed by atoms with Crippen LogP contribution in [0.15, 0.2) is 48.5 Å². The van der Waals surface area contributed by atoms with Crippen molar-refractivity contribution < 1.29 is 9.53 Å². The number of carbonyl (C=O) groups excluding carboxylic acids is 1. The highest BCUT2D eigenvalue weighted by Crippen LogP contribution is 2.35. The minimum atomic E-state index is -0.311. The number of ether oxygens (including phenoxy) is 1. The van der Waals surface area contributed by atoms with Crippen LogP contribution < -0.4 is 15.5 Å². The third-order valence-corrected chi connectivity index (χ3v) is 6.35. The average molecular weight is 432 g/mol. The predicted octanol–water partition coefficient (Wildman–Crippen LogP) is 4.52.